The first-order chi connectivity index (χ1) is 13.2. The number of nitrogens with one attached hydrogen (secondary N) is 3. The predicted molar refractivity (Wildman–Crippen MR) is 106 cm³/mol. The summed E-state index contributed by atoms with van der Waals surface area (Å²) < 4.78 is 5.29. The van der Waals surface area contributed by atoms with Crippen LogP contribution in [0.1, 0.15) is 62.4 Å². The number of hydrogen-bond donors (Lipinski definition) is 3. The number of amides is 2. The number of fused-ring (bicyclic) bond motifs is 1. The first-order valence-electron chi connectivity index (χ1n) is 9.57. The van der Waals surface area contributed by atoms with Gasteiger partial charge in [0.2, 0.25) is 0 Å². The van der Waals surface area contributed by atoms with E-state index in [1.54, 1.807) is 24.4 Å². The number of alkyl carbamates (subject to hydrolysis) is 1. The molecule has 7 heteroatoms. The Labute approximate surface area is 164 Å². The highest BCUT2D eigenvalue weighted by Crippen LogP contribution is 2.22. The molecule has 0 aliphatic heterocycles. The number of H-pyrrole nitrogens is 1. The molecule has 2 aromatic rings. The molecule has 0 radical (unpaired) electrons. The summed E-state index contributed by atoms with van der Waals surface area (Å²) in [7, 11) is 0. The molecule has 0 atom stereocenters. The van der Waals surface area contributed by atoms with Crippen LogP contribution in [0.5, 0.6) is 0 Å². The van der Waals surface area contributed by atoms with Gasteiger partial charge in [0.1, 0.15) is 5.60 Å². The minimum absolute atomic E-state index is 0.0699. The molecule has 0 saturated heterocycles. The molecule has 1 aliphatic carbocycles. The molecule has 0 unspecified atom stereocenters. The first-order valence-corrected chi connectivity index (χ1v) is 9.57. The van der Waals surface area contributed by atoms with Crippen molar-refractivity contribution in [1.29, 1.82) is 5.26 Å². The summed E-state index contributed by atoms with van der Waals surface area (Å²) in [5.41, 5.74) is 1.39. The highest BCUT2D eigenvalue weighted by molar-refractivity contribution is 6.07. The molecule has 2 amide bonds. The highest BCUT2D eigenvalue weighted by atomic mass is 16.6. The summed E-state index contributed by atoms with van der Waals surface area (Å²) in [6, 6.07) is 7.48. The fourth-order valence-electron chi connectivity index (χ4n) is 3.50. The third-order valence-corrected chi connectivity index (χ3v) is 4.84. The van der Waals surface area contributed by atoms with Gasteiger partial charge in [0.25, 0.3) is 5.91 Å². The third kappa shape index (κ3) is 4.83. The lowest BCUT2D eigenvalue weighted by atomic mass is 9.91. The monoisotopic (exact) mass is 382 g/mol. The second-order valence-corrected chi connectivity index (χ2v) is 8.24. The molecule has 1 saturated carbocycles. The van der Waals surface area contributed by atoms with Gasteiger partial charge in [-0.2, -0.15) is 5.26 Å². The van der Waals surface area contributed by atoms with E-state index in [2.05, 4.69) is 21.7 Å². The van der Waals surface area contributed by atoms with Crippen LogP contribution in [-0.4, -0.2) is 34.7 Å². The molecule has 0 bridgehead atoms. The van der Waals surface area contributed by atoms with Gasteiger partial charge in [-0.25, -0.2) is 4.79 Å². The van der Waals surface area contributed by atoms with Gasteiger partial charge in [0, 0.05) is 29.2 Å². The number of nitrogens with zero attached hydrogens (tertiary/aromatic N) is 1. The van der Waals surface area contributed by atoms with E-state index in [1.807, 2.05) is 20.8 Å². The summed E-state index contributed by atoms with van der Waals surface area (Å²) >= 11 is 0. The molecule has 1 aromatic carbocycles. The van der Waals surface area contributed by atoms with E-state index in [-0.39, 0.29) is 18.0 Å². The van der Waals surface area contributed by atoms with Gasteiger partial charge >= 0.3 is 6.09 Å². The van der Waals surface area contributed by atoms with E-state index in [4.69, 9.17) is 10.00 Å². The lowest BCUT2D eigenvalue weighted by Gasteiger charge is -2.30. The summed E-state index contributed by atoms with van der Waals surface area (Å²) in [6.07, 6.45) is 4.47. The Kier molecular flexibility index (Phi) is 5.59. The zero-order valence-electron chi connectivity index (χ0n) is 16.5. The van der Waals surface area contributed by atoms with Crippen LogP contribution in [0, 0.1) is 11.3 Å². The maximum atomic E-state index is 12.7. The van der Waals surface area contributed by atoms with Gasteiger partial charge in [0.15, 0.2) is 0 Å². The number of hydrogen-bond acceptors (Lipinski definition) is 4. The number of carbonyl (C=O) groups is 2. The lowest BCUT2D eigenvalue weighted by Crippen LogP contribution is -2.45. The molecule has 3 N–H and O–H groups in total. The lowest BCUT2D eigenvalue weighted by molar-refractivity contribution is 0.0488. The molecule has 1 heterocycles. The van der Waals surface area contributed by atoms with E-state index in [1.165, 1.54) is 0 Å². The van der Waals surface area contributed by atoms with Crippen molar-refractivity contribution < 1.29 is 14.3 Å². The van der Waals surface area contributed by atoms with Crippen LogP contribution in [0.25, 0.3) is 10.9 Å². The second kappa shape index (κ2) is 7.93. The Morgan fingerprint density at radius 1 is 1.14 bits per heavy atom. The molecule has 3 rings (SSSR count). The largest absolute Gasteiger partial charge is 0.444 e. The van der Waals surface area contributed by atoms with Gasteiger partial charge < -0.3 is 20.4 Å². The van der Waals surface area contributed by atoms with Gasteiger partial charge in [-0.1, -0.05) is 6.07 Å². The first kappa shape index (κ1) is 19.7. The average molecular weight is 382 g/mol. The van der Waals surface area contributed by atoms with Crippen molar-refractivity contribution in [2.45, 2.75) is 64.1 Å². The fourth-order valence-corrected chi connectivity index (χ4v) is 3.50. The highest BCUT2D eigenvalue weighted by Gasteiger charge is 2.26. The van der Waals surface area contributed by atoms with E-state index in [0.717, 1.165) is 36.6 Å². The van der Waals surface area contributed by atoms with Crippen LogP contribution in [0.3, 0.4) is 0 Å². The van der Waals surface area contributed by atoms with Crippen LogP contribution >= 0.6 is 0 Å². The standard InChI is InChI=1S/C21H26N4O3/c1-21(2,3)28-20(27)25-15-7-5-14(6-8-15)24-19(26)17-12-23-18-10-13(11-22)4-9-16(17)18/h4,9-10,12,14-15,23H,5-8H2,1-3H3,(H,24,26)(H,25,27). The van der Waals surface area contributed by atoms with Crippen molar-refractivity contribution in [3.8, 4) is 6.07 Å². The number of benzene rings is 1. The van der Waals surface area contributed by atoms with E-state index < -0.39 is 11.7 Å². The zero-order chi connectivity index (χ0) is 20.3. The molecule has 7 nitrogen and oxygen atoms in total. The number of aromatic nitrogens is 1. The Balaban J connectivity index is 1.53. The van der Waals surface area contributed by atoms with E-state index >= 15 is 0 Å². The molecule has 1 aliphatic rings. The molecule has 28 heavy (non-hydrogen) atoms. The van der Waals surface area contributed by atoms with Crippen molar-refractivity contribution >= 4 is 22.9 Å². The van der Waals surface area contributed by atoms with Crippen molar-refractivity contribution in [3.63, 3.8) is 0 Å². The minimum atomic E-state index is -0.511. The number of aromatic amines is 1. The number of rotatable bonds is 3. The molecule has 148 valence electrons. The van der Waals surface area contributed by atoms with Gasteiger partial charge in [-0.05, 0) is 58.6 Å². The predicted octanol–water partition coefficient (Wildman–Crippen LogP) is 3.61. The minimum Gasteiger partial charge on any atom is -0.444 e. The molecule has 1 aromatic heterocycles. The molecule has 1 fully saturated rings. The number of nitriles is 1. The summed E-state index contributed by atoms with van der Waals surface area (Å²) in [4.78, 5) is 27.6. The molecular weight excluding hydrogens is 356 g/mol. The topological polar surface area (TPSA) is 107 Å². The summed E-state index contributed by atoms with van der Waals surface area (Å²) in [6.45, 7) is 5.51. The zero-order valence-corrected chi connectivity index (χ0v) is 16.5. The maximum absolute atomic E-state index is 12.7. The smallest absolute Gasteiger partial charge is 0.407 e. The average Bonchev–Trinajstić information content (AvgIpc) is 3.05. The number of ether oxygens (including phenoxy) is 1. The van der Waals surface area contributed by atoms with Crippen LogP contribution in [0.2, 0.25) is 0 Å². The molecular formula is C21H26N4O3. The van der Waals surface area contributed by atoms with Crippen LogP contribution in [0.15, 0.2) is 24.4 Å². The Morgan fingerprint density at radius 2 is 1.79 bits per heavy atom. The summed E-state index contributed by atoms with van der Waals surface area (Å²) in [5.74, 6) is -0.125. The fraction of sp³-hybridized carbons (Fsp3) is 0.476. The van der Waals surface area contributed by atoms with Gasteiger partial charge in [0.05, 0.1) is 17.2 Å². The Morgan fingerprint density at radius 3 is 2.39 bits per heavy atom. The summed E-state index contributed by atoms with van der Waals surface area (Å²) in [5, 5.41) is 15.8. The van der Waals surface area contributed by atoms with Crippen LogP contribution in [0.4, 0.5) is 4.79 Å². The Hall–Kier alpha value is -3.01. The number of carbonyl (C=O) groups excluding carboxylic acids is 2. The SMILES string of the molecule is CC(C)(C)OC(=O)NC1CCC(NC(=O)c2c[nH]c3cc(C#N)ccc23)CC1. The van der Waals surface area contributed by atoms with Gasteiger partial charge in [-0.15, -0.1) is 0 Å². The quantitative estimate of drug-likeness (QED) is 0.754. The van der Waals surface area contributed by atoms with E-state index in [9.17, 15) is 9.59 Å². The van der Waals surface area contributed by atoms with Crippen LogP contribution in [-0.2, 0) is 4.74 Å². The van der Waals surface area contributed by atoms with Crippen LogP contribution < -0.4 is 10.6 Å². The molecule has 0 spiro atoms. The van der Waals surface area contributed by atoms with Crippen molar-refractivity contribution in [2.75, 3.05) is 0 Å². The van der Waals surface area contributed by atoms with Gasteiger partial charge in [-0.3, -0.25) is 4.79 Å². The normalized spacial score (nSPS) is 19.6. The van der Waals surface area contributed by atoms with E-state index in [0.29, 0.717) is 11.1 Å². The van der Waals surface area contributed by atoms with Crippen molar-refractivity contribution in [1.82, 2.24) is 15.6 Å². The maximum Gasteiger partial charge on any atom is 0.407 e. The Bertz CT molecular complexity index is 912. The second-order valence-electron chi connectivity index (χ2n) is 8.24. The van der Waals surface area contributed by atoms with Crippen molar-refractivity contribution in [2.24, 2.45) is 0 Å². The van der Waals surface area contributed by atoms with Crippen molar-refractivity contribution in [3.05, 3.63) is 35.5 Å². The third-order valence-electron chi connectivity index (χ3n) is 4.84.